The summed E-state index contributed by atoms with van der Waals surface area (Å²) in [5, 5.41) is 2.90. The molecule has 0 aromatic carbocycles. The first kappa shape index (κ1) is 16.9. The normalized spacial score (nSPS) is 10.6. The van der Waals surface area contributed by atoms with E-state index in [1.807, 2.05) is 31.3 Å². The molecular weight excluding hydrogens is 288 g/mol. The standard InChI is InChI=1S/C18H24N4O/c1-14(2)13-21-18(23)17-12-16(6-10-20-17)22(3)11-7-15-4-8-19-9-5-15/h4-6,8-10,12,14H,7,11,13H2,1-3H3,(H,21,23). The van der Waals surface area contributed by atoms with Crippen LogP contribution in [0, 0.1) is 5.92 Å². The van der Waals surface area contributed by atoms with Crippen LogP contribution < -0.4 is 10.2 Å². The number of aromatic nitrogens is 2. The number of hydrogen-bond donors (Lipinski definition) is 1. The number of likely N-dealkylation sites (N-methyl/N-ethyl adjacent to an activating group) is 1. The predicted molar refractivity (Wildman–Crippen MR) is 92.6 cm³/mol. The molecule has 1 amide bonds. The van der Waals surface area contributed by atoms with Crippen LogP contribution in [0.1, 0.15) is 29.9 Å². The summed E-state index contributed by atoms with van der Waals surface area (Å²) in [6.45, 7) is 5.65. The number of rotatable bonds is 7. The molecule has 0 unspecified atom stereocenters. The second kappa shape index (κ2) is 8.27. The van der Waals surface area contributed by atoms with E-state index < -0.39 is 0 Å². The molecule has 0 saturated carbocycles. The van der Waals surface area contributed by atoms with Gasteiger partial charge >= 0.3 is 0 Å². The van der Waals surface area contributed by atoms with E-state index in [1.165, 1.54) is 5.56 Å². The van der Waals surface area contributed by atoms with Crippen molar-refractivity contribution in [2.45, 2.75) is 20.3 Å². The van der Waals surface area contributed by atoms with Gasteiger partial charge in [-0.25, -0.2) is 0 Å². The molecule has 0 aliphatic carbocycles. The van der Waals surface area contributed by atoms with E-state index in [2.05, 4.69) is 34.0 Å². The van der Waals surface area contributed by atoms with Gasteiger partial charge in [-0.05, 0) is 42.2 Å². The summed E-state index contributed by atoms with van der Waals surface area (Å²) in [6.07, 6.45) is 6.22. The molecule has 1 N–H and O–H groups in total. The van der Waals surface area contributed by atoms with Gasteiger partial charge in [-0.15, -0.1) is 0 Å². The highest BCUT2D eigenvalue weighted by Gasteiger charge is 2.10. The Morgan fingerprint density at radius 2 is 1.96 bits per heavy atom. The largest absolute Gasteiger partial charge is 0.374 e. The minimum atomic E-state index is -0.122. The Bertz CT molecular complexity index is 628. The van der Waals surface area contributed by atoms with Gasteiger partial charge in [0.05, 0.1) is 0 Å². The molecule has 2 aromatic rings. The summed E-state index contributed by atoms with van der Waals surface area (Å²) in [5.41, 5.74) is 2.69. The molecule has 5 heteroatoms. The second-order valence-corrected chi connectivity index (χ2v) is 6.03. The Balaban J connectivity index is 1.96. The molecule has 0 radical (unpaired) electrons. The van der Waals surface area contributed by atoms with Crippen LogP contribution in [0.15, 0.2) is 42.9 Å². The lowest BCUT2D eigenvalue weighted by atomic mass is 10.2. The second-order valence-electron chi connectivity index (χ2n) is 6.03. The number of nitrogens with zero attached hydrogens (tertiary/aromatic N) is 3. The highest BCUT2D eigenvalue weighted by Crippen LogP contribution is 2.14. The fraction of sp³-hybridized carbons (Fsp3) is 0.389. The molecule has 23 heavy (non-hydrogen) atoms. The third-order valence-electron chi connectivity index (χ3n) is 3.57. The van der Waals surface area contributed by atoms with Gasteiger partial charge in [-0.2, -0.15) is 0 Å². The van der Waals surface area contributed by atoms with Gasteiger partial charge in [0.25, 0.3) is 5.91 Å². The van der Waals surface area contributed by atoms with Crippen molar-refractivity contribution in [2.24, 2.45) is 5.92 Å². The van der Waals surface area contributed by atoms with E-state index >= 15 is 0 Å². The summed E-state index contributed by atoms with van der Waals surface area (Å²) in [4.78, 5) is 22.4. The van der Waals surface area contributed by atoms with E-state index in [0.29, 0.717) is 18.2 Å². The third-order valence-corrected chi connectivity index (χ3v) is 3.57. The molecule has 0 spiro atoms. The van der Waals surface area contributed by atoms with Crippen LogP contribution in [-0.2, 0) is 6.42 Å². The van der Waals surface area contributed by atoms with E-state index in [0.717, 1.165) is 18.7 Å². The average molecular weight is 312 g/mol. The Hall–Kier alpha value is -2.43. The SMILES string of the molecule is CC(C)CNC(=O)c1cc(N(C)CCc2ccncc2)ccn1. The molecule has 0 saturated heterocycles. The first-order valence-electron chi connectivity index (χ1n) is 7.90. The fourth-order valence-electron chi connectivity index (χ4n) is 2.14. The van der Waals surface area contributed by atoms with Crippen molar-refractivity contribution in [3.63, 3.8) is 0 Å². The summed E-state index contributed by atoms with van der Waals surface area (Å²) >= 11 is 0. The fourth-order valence-corrected chi connectivity index (χ4v) is 2.14. The summed E-state index contributed by atoms with van der Waals surface area (Å²) in [5.74, 6) is 0.299. The number of carbonyl (C=O) groups is 1. The predicted octanol–water partition coefficient (Wildman–Crippen LogP) is 2.54. The summed E-state index contributed by atoms with van der Waals surface area (Å²) in [7, 11) is 2.02. The average Bonchev–Trinajstić information content (AvgIpc) is 2.58. The van der Waals surface area contributed by atoms with Crippen LogP contribution in [-0.4, -0.2) is 36.0 Å². The van der Waals surface area contributed by atoms with Gasteiger partial charge in [0.2, 0.25) is 0 Å². The van der Waals surface area contributed by atoms with Crippen molar-refractivity contribution in [3.8, 4) is 0 Å². The van der Waals surface area contributed by atoms with Crippen molar-refractivity contribution >= 4 is 11.6 Å². The highest BCUT2D eigenvalue weighted by molar-refractivity contribution is 5.93. The zero-order chi connectivity index (χ0) is 16.7. The number of amides is 1. The molecule has 122 valence electrons. The minimum Gasteiger partial charge on any atom is -0.374 e. The topological polar surface area (TPSA) is 58.1 Å². The van der Waals surface area contributed by atoms with Crippen LogP contribution >= 0.6 is 0 Å². The van der Waals surface area contributed by atoms with E-state index in [4.69, 9.17) is 0 Å². The van der Waals surface area contributed by atoms with Crippen molar-refractivity contribution in [1.82, 2.24) is 15.3 Å². The van der Waals surface area contributed by atoms with Gasteiger partial charge in [0.15, 0.2) is 0 Å². The molecule has 0 fully saturated rings. The molecule has 0 atom stereocenters. The van der Waals surface area contributed by atoms with Crippen molar-refractivity contribution in [1.29, 1.82) is 0 Å². The smallest absolute Gasteiger partial charge is 0.269 e. The minimum absolute atomic E-state index is 0.122. The molecular formula is C18H24N4O. The van der Waals surface area contributed by atoms with Crippen LogP contribution in [0.25, 0.3) is 0 Å². The zero-order valence-corrected chi connectivity index (χ0v) is 14.0. The van der Waals surface area contributed by atoms with Gasteiger partial charge in [-0.1, -0.05) is 13.8 Å². The lowest BCUT2D eigenvalue weighted by Gasteiger charge is -2.19. The Kier molecular flexibility index (Phi) is 6.09. The van der Waals surface area contributed by atoms with Gasteiger partial charge in [0, 0.05) is 44.4 Å². The summed E-state index contributed by atoms with van der Waals surface area (Å²) in [6, 6.07) is 7.80. The summed E-state index contributed by atoms with van der Waals surface area (Å²) < 4.78 is 0. The molecule has 0 aliphatic heterocycles. The first-order valence-corrected chi connectivity index (χ1v) is 7.90. The van der Waals surface area contributed by atoms with Gasteiger partial charge in [0.1, 0.15) is 5.69 Å². The number of carbonyl (C=O) groups excluding carboxylic acids is 1. The Morgan fingerprint density at radius 3 is 2.65 bits per heavy atom. The lowest BCUT2D eigenvalue weighted by molar-refractivity contribution is 0.0944. The number of nitrogens with one attached hydrogen (secondary N) is 1. The Morgan fingerprint density at radius 1 is 1.22 bits per heavy atom. The molecule has 2 rings (SSSR count). The maximum Gasteiger partial charge on any atom is 0.269 e. The van der Waals surface area contributed by atoms with Crippen molar-refractivity contribution in [2.75, 3.05) is 25.0 Å². The number of pyridine rings is 2. The molecule has 0 bridgehead atoms. The maximum atomic E-state index is 12.1. The monoisotopic (exact) mass is 312 g/mol. The maximum absolute atomic E-state index is 12.1. The zero-order valence-electron chi connectivity index (χ0n) is 14.0. The molecule has 0 aliphatic rings. The van der Waals surface area contributed by atoms with Gasteiger partial charge < -0.3 is 10.2 Å². The number of anilines is 1. The Labute approximate surface area is 137 Å². The highest BCUT2D eigenvalue weighted by atomic mass is 16.1. The number of hydrogen-bond acceptors (Lipinski definition) is 4. The van der Waals surface area contributed by atoms with Crippen molar-refractivity contribution < 1.29 is 4.79 Å². The van der Waals surface area contributed by atoms with Crippen LogP contribution in [0.2, 0.25) is 0 Å². The van der Waals surface area contributed by atoms with E-state index in [9.17, 15) is 4.79 Å². The van der Waals surface area contributed by atoms with Crippen LogP contribution in [0.4, 0.5) is 5.69 Å². The van der Waals surface area contributed by atoms with E-state index in [1.54, 1.807) is 18.6 Å². The van der Waals surface area contributed by atoms with E-state index in [-0.39, 0.29) is 5.91 Å². The molecule has 5 nitrogen and oxygen atoms in total. The van der Waals surface area contributed by atoms with Crippen molar-refractivity contribution in [3.05, 3.63) is 54.1 Å². The van der Waals surface area contributed by atoms with Crippen LogP contribution in [0.5, 0.6) is 0 Å². The lowest BCUT2D eigenvalue weighted by Crippen LogP contribution is -2.28. The quantitative estimate of drug-likeness (QED) is 0.853. The third kappa shape index (κ3) is 5.36. The van der Waals surface area contributed by atoms with Crippen LogP contribution in [0.3, 0.4) is 0 Å². The molecule has 2 heterocycles. The van der Waals surface area contributed by atoms with Gasteiger partial charge in [-0.3, -0.25) is 14.8 Å². The first-order chi connectivity index (χ1) is 11.1. The molecule has 2 aromatic heterocycles.